The quantitative estimate of drug-likeness (QED) is 0.829. The molecule has 1 aromatic heterocycles. The Balaban J connectivity index is 2.81. The molecule has 16 heavy (non-hydrogen) atoms. The largest absolute Gasteiger partial charge is 0.480 e. The molecule has 1 N–H and O–H groups in total. The van der Waals surface area contributed by atoms with Gasteiger partial charge in [-0.25, -0.2) is 4.39 Å². The number of hydrogen-bond acceptors (Lipinski definition) is 2. The van der Waals surface area contributed by atoms with Gasteiger partial charge in [0.05, 0.1) is 5.52 Å². The summed E-state index contributed by atoms with van der Waals surface area (Å²) in [4.78, 5) is 22.0. The van der Waals surface area contributed by atoms with Gasteiger partial charge in [0.1, 0.15) is 12.4 Å². The number of aromatic nitrogens is 1. The number of carboxylic acid groups (broad SMARTS) is 1. The standard InChI is InChI=1S/C11H8FNO3/c12-8-3-1-2-7-9(14)4-5-13(11(7)8)6-10(15)16/h1-5H,6H2,(H,15,16). The first kappa shape index (κ1) is 10.4. The van der Waals surface area contributed by atoms with Gasteiger partial charge in [-0.15, -0.1) is 0 Å². The molecule has 0 atom stereocenters. The first-order chi connectivity index (χ1) is 7.59. The van der Waals surface area contributed by atoms with Gasteiger partial charge in [0.25, 0.3) is 0 Å². The molecule has 0 saturated heterocycles. The van der Waals surface area contributed by atoms with E-state index in [9.17, 15) is 14.0 Å². The van der Waals surface area contributed by atoms with Gasteiger partial charge in [-0.2, -0.15) is 0 Å². The molecule has 0 bridgehead atoms. The van der Waals surface area contributed by atoms with E-state index in [4.69, 9.17) is 5.11 Å². The number of benzene rings is 1. The van der Waals surface area contributed by atoms with E-state index in [0.717, 1.165) is 0 Å². The zero-order valence-corrected chi connectivity index (χ0v) is 8.18. The summed E-state index contributed by atoms with van der Waals surface area (Å²) in [5.41, 5.74) is -0.298. The van der Waals surface area contributed by atoms with Crippen LogP contribution in [-0.2, 0) is 11.3 Å². The Hall–Kier alpha value is -2.17. The number of nitrogens with zero attached hydrogens (tertiary/aromatic N) is 1. The van der Waals surface area contributed by atoms with E-state index in [1.54, 1.807) is 0 Å². The number of pyridine rings is 1. The SMILES string of the molecule is O=C(O)Cn1ccc(=O)c2cccc(F)c21. The number of rotatable bonds is 2. The number of carboxylic acids is 1. The first-order valence-corrected chi connectivity index (χ1v) is 4.59. The highest BCUT2D eigenvalue weighted by atomic mass is 19.1. The Bertz CT molecular complexity index is 618. The van der Waals surface area contributed by atoms with Crippen LogP contribution in [0.4, 0.5) is 4.39 Å². The Morgan fingerprint density at radius 1 is 1.38 bits per heavy atom. The van der Waals surface area contributed by atoms with Crippen molar-refractivity contribution in [3.8, 4) is 0 Å². The lowest BCUT2D eigenvalue weighted by Gasteiger charge is -2.08. The summed E-state index contributed by atoms with van der Waals surface area (Å²) in [6.45, 7) is -0.377. The second kappa shape index (κ2) is 3.77. The fourth-order valence-electron chi connectivity index (χ4n) is 1.61. The van der Waals surface area contributed by atoms with Crippen LogP contribution in [0.3, 0.4) is 0 Å². The van der Waals surface area contributed by atoms with Crippen molar-refractivity contribution in [3.05, 3.63) is 46.5 Å². The Morgan fingerprint density at radius 3 is 2.81 bits per heavy atom. The molecule has 0 radical (unpaired) electrons. The number of hydrogen-bond donors (Lipinski definition) is 1. The molecular formula is C11H8FNO3. The Morgan fingerprint density at radius 2 is 2.12 bits per heavy atom. The minimum Gasteiger partial charge on any atom is -0.480 e. The van der Waals surface area contributed by atoms with Gasteiger partial charge in [0, 0.05) is 17.6 Å². The maximum absolute atomic E-state index is 13.5. The monoisotopic (exact) mass is 221 g/mol. The summed E-state index contributed by atoms with van der Waals surface area (Å²) in [7, 11) is 0. The molecule has 5 heteroatoms. The van der Waals surface area contributed by atoms with Crippen LogP contribution in [0.1, 0.15) is 0 Å². The van der Waals surface area contributed by atoms with Crippen LogP contribution in [0.15, 0.2) is 35.3 Å². The normalized spacial score (nSPS) is 10.6. The molecule has 0 saturated carbocycles. The third kappa shape index (κ3) is 1.67. The highest BCUT2D eigenvalue weighted by Gasteiger charge is 2.09. The predicted molar refractivity (Wildman–Crippen MR) is 55.8 cm³/mol. The molecule has 0 aliphatic rings. The highest BCUT2D eigenvalue weighted by molar-refractivity contribution is 5.80. The maximum Gasteiger partial charge on any atom is 0.323 e. The van der Waals surface area contributed by atoms with E-state index < -0.39 is 11.8 Å². The van der Waals surface area contributed by atoms with Crippen LogP contribution in [0, 0.1) is 5.82 Å². The van der Waals surface area contributed by atoms with Crippen molar-refractivity contribution < 1.29 is 14.3 Å². The van der Waals surface area contributed by atoms with Crippen LogP contribution >= 0.6 is 0 Å². The zero-order chi connectivity index (χ0) is 11.7. The second-order valence-corrected chi connectivity index (χ2v) is 3.34. The highest BCUT2D eigenvalue weighted by Crippen LogP contribution is 2.14. The molecule has 2 aromatic rings. The number of para-hydroxylation sites is 1. The smallest absolute Gasteiger partial charge is 0.323 e. The van der Waals surface area contributed by atoms with Gasteiger partial charge in [-0.1, -0.05) is 6.07 Å². The molecule has 0 spiro atoms. The van der Waals surface area contributed by atoms with Crippen LogP contribution in [0.5, 0.6) is 0 Å². The molecule has 0 aliphatic heterocycles. The molecule has 1 heterocycles. The minimum atomic E-state index is -1.09. The van der Waals surface area contributed by atoms with Crippen molar-refractivity contribution in [2.45, 2.75) is 6.54 Å². The van der Waals surface area contributed by atoms with E-state index in [0.29, 0.717) is 0 Å². The maximum atomic E-state index is 13.5. The number of carbonyl (C=O) groups is 1. The molecule has 1 aromatic carbocycles. The van der Waals surface area contributed by atoms with Crippen molar-refractivity contribution >= 4 is 16.9 Å². The summed E-state index contributed by atoms with van der Waals surface area (Å²) in [6.07, 6.45) is 1.28. The lowest BCUT2D eigenvalue weighted by atomic mass is 10.2. The molecule has 0 fully saturated rings. The molecule has 0 amide bonds. The van der Waals surface area contributed by atoms with Gasteiger partial charge in [-0.3, -0.25) is 9.59 Å². The zero-order valence-electron chi connectivity index (χ0n) is 8.18. The molecule has 0 unspecified atom stereocenters. The molecule has 2 rings (SSSR count). The predicted octanol–water partition coefficient (Wildman–Crippen LogP) is 1.23. The third-order valence-corrected chi connectivity index (χ3v) is 2.25. The van der Waals surface area contributed by atoms with Crippen LogP contribution in [0.25, 0.3) is 10.9 Å². The summed E-state index contributed by atoms with van der Waals surface area (Å²) >= 11 is 0. The van der Waals surface area contributed by atoms with Crippen molar-refractivity contribution in [2.75, 3.05) is 0 Å². The van der Waals surface area contributed by atoms with E-state index >= 15 is 0 Å². The molecule has 4 nitrogen and oxygen atoms in total. The van der Waals surface area contributed by atoms with Crippen molar-refractivity contribution in [1.29, 1.82) is 0 Å². The average Bonchev–Trinajstić information content (AvgIpc) is 2.22. The number of fused-ring (bicyclic) bond motifs is 1. The summed E-state index contributed by atoms with van der Waals surface area (Å²) in [5.74, 6) is -1.69. The van der Waals surface area contributed by atoms with Crippen molar-refractivity contribution in [1.82, 2.24) is 4.57 Å². The fraction of sp³-hybridized carbons (Fsp3) is 0.0909. The van der Waals surface area contributed by atoms with Gasteiger partial charge in [0.15, 0.2) is 5.43 Å². The topological polar surface area (TPSA) is 59.3 Å². The molecule has 82 valence electrons. The third-order valence-electron chi connectivity index (χ3n) is 2.25. The van der Waals surface area contributed by atoms with Crippen molar-refractivity contribution in [2.24, 2.45) is 0 Å². The van der Waals surface area contributed by atoms with Crippen LogP contribution < -0.4 is 5.43 Å². The second-order valence-electron chi connectivity index (χ2n) is 3.34. The summed E-state index contributed by atoms with van der Waals surface area (Å²) in [6, 6.07) is 5.31. The summed E-state index contributed by atoms with van der Waals surface area (Å²) < 4.78 is 14.7. The molecule has 0 aliphatic carbocycles. The van der Waals surface area contributed by atoms with Crippen LogP contribution in [0.2, 0.25) is 0 Å². The Labute approximate surface area is 89.6 Å². The fourth-order valence-corrected chi connectivity index (χ4v) is 1.61. The van der Waals surface area contributed by atoms with Gasteiger partial charge >= 0.3 is 5.97 Å². The first-order valence-electron chi connectivity index (χ1n) is 4.59. The number of aliphatic carboxylic acids is 1. The minimum absolute atomic E-state index is 0.0254. The lowest BCUT2D eigenvalue weighted by Crippen LogP contribution is -2.14. The Kier molecular flexibility index (Phi) is 2.44. The van der Waals surface area contributed by atoms with E-state index in [1.165, 1.54) is 35.0 Å². The summed E-state index contributed by atoms with van der Waals surface area (Å²) in [5, 5.41) is 8.85. The van der Waals surface area contributed by atoms with Gasteiger partial charge in [0.2, 0.25) is 0 Å². The lowest BCUT2D eigenvalue weighted by molar-refractivity contribution is -0.137. The molecular weight excluding hydrogens is 213 g/mol. The van der Waals surface area contributed by atoms with E-state index in [-0.39, 0.29) is 22.9 Å². The average molecular weight is 221 g/mol. The van der Waals surface area contributed by atoms with Gasteiger partial charge in [-0.05, 0) is 12.1 Å². The van der Waals surface area contributed by atoms with Crippen LogP contribution in [-0.4, -0.2) is 15.6 Å². The van der Waals surface area contributed by atoms with Crippen molar-refractivity contribution in [3.63, 3.8) is 0 Å². The van der Waals surface area contributed by atoms with E-state index in [1.807, 2.05) is 0 Å². The van der Waals surface area contributed by atoms with E-state index in [2.05, 4.69) is 0 Å². The number of halogens is 1. The van der Waals surface area contributed by atoms with Gasteiger partial charge < -0.3 is 9.67 Å².